The molecule has 0 amide bonds. The van der Waals surface area contributed by atoms with E-state index in [0.29, 0.717) is 11.4 Å². The monoisotopic (exact) mass is 268 g/mol. The van der Waals surface area contributed by atoms with Gasteiger partial charge < -0.3 is 10.5 Å². The maximum Gasteiger partial charge on any atom is 0.216 e. The molecule has 0 spiro atoms. The van der Waals surface area contributed by atoms with Crippen LogP contribution in [0.3, 0.4) is 0 Å². The maximum absolute atomic E-state index is 11.5. The fraction of sp³-hybridized carbons (Fsp3) is 0.333. The molecule has 0 bridgehead atoms. The molecule has 6 heteroatoms. The molecule has 3 N–H and O–H groups in total. The van der Waals surface area contributed by atoms with Gasteiger partial charge in [0.15, 0.2) is 0 Å². The van der Waals surface area contributed by atoms with E-state index in [1.54, 1.807) is 31.2 Å². The number of rotatable bonds is 6. The molecule has 18 heavy (non-hydrogen) atoms. The van der Waals surface area contributed by atoms with E-state index in [1.165, 1.54) is 0 Å². The molecule has 1 rings (SSSR count). The van der Waals surface area contributed by atoms with E-state index >= 15 is 0 Å². The molecule has 1 aromatic rings. The molecule has 0 saturated carbocycles. The van der Waals surface area contributed by atoms with Crippen molar-refractivity contribution in [2.24, 2.45) is 0 Å². The lowest BCUT2D eigenvalue weighted by Crippen LogP contribution is -2.35. The lowest BCUT2D eigenvalue weighted by atomic mass is 10.3. The Bertz CT molecular complexity index is 534. The highest BCUT2D eigenvalue weighted by atomic mass is 32.2. The summed E-state index contributed by atoms with van der Waals surface area (Å²) in [5, 5.41) is 0. The summed E-state index contributed by atoms with van der Waals surface area (Å²) < 4.78 is 30.7. The first-order chi connectivity index (χ1) is 8.43. The Hall–Kier alpha value is -1.71. The Labute approximate surface area is 107 Å². The second-order valence-electron chi connectivity index (χ2n) is 3.75. The largest absolute Gasteiger partial charge is 0.492 e. The van der Waals surface area contributed by atoms with Crippen LogP contribution in [0.2, 0.25) is 0 Å². The van der Waals surface area contributed by atoms with Crippen LogP contribution in [0.25, 0.3) is 0 Å². The Balaban J connectivity index is 2.45. The highest BCUT2D eigenvalue weighted by molar-refractivity contribution is 7.89. The predicted molar refractivity (Wildman–Crippen MR) is 71.6 cm³/mol. The van der Waals surface area contributed by atoms with E-state index in [2.05, 4.69) is 10.6 Å². The van der Waals surface area contributed by atoms with Gasteiger partial charge in [0.2, 0.25) is 10.0 Å². The second kappa shape index (κ2) is 6.28. The van der Waals surface area contributed by atoms with Crippen LogP contribution < -0.4 is 15.2 Å². The fourth-order valence-corrected chi connectivity index (χ4v) is 2.26. The van der Waals surface area contributed by atoms with E-state index in [0.717, 1.165) is 0 Å². The minimum atomic E-state index is -3.42. The van der Waals surface area contributed by atoms with E-state index in [4.69, 9.17) is 16.9 Å². The summed E-state index contributed by atoms with van der Waals surface area (Å²) in [6.07, 6.45) is 5.09. The maximum atomic E-state index is 11.5. The van der Waals surface area contributed by atoms with Gasteiger partial charge in [0.25, 0.3) is 0 Å². The van der Waals surface area contributed by atoms with Gasteiger partial charge in [-0.1, -0.05) is 12.0 Å². The second-order valence-corrected chi connectivity index (χ2v) is 5.62. The molecule has 1 atom stereocenters. The van der Waals surface area contributed by atoms with Gasteiger partial charge in [-0.25, -0.2) is 13.1 Å². The number of nitrogens with two attached hydrogens (primary N) is 1. The average Bonchev–Trinajstić information content (AvgIpc) is 2.28. The van der Waals surface area contributed by atoms with Gasteiger partial charge in [-0.2, -0.15) is 0 Å². The molecule has 0 aromatic heterocycles. The molecule has 5 nitrogen and oxygen atoms in total. The summed E-state index contributed by atoms with van der Waals surface area (Å²) in [5.74, 6) is 2.67. The van der Waals surface area contributed by atoms with Crippen LogP contribution in [0.1, 0.15) is 6.92 Å². The summed E-state index contributed by atoms with van der Waals surface area (Å²) >= 11 is 0. The van der Waals surface area contributed by atoms with Crippen LogP contribution >= 0.6 is 0 Å². The van der Waals surface area contributed by atoms with Gasteiger partial charge in [-0.05, 0) is 19.1 Å². The number of terminal acetylenes is 1. The third-order valence-electron chi connectivity index (χ3n) is 2.09. The van der Waals surface area contributed by atoms with Crippen molar-refractivity contribution in [3.05, 3.63) is 24.3 Å². The minimum absolute atomic E-state index is 0.0378. The van der Waals surface area contributed by atoms with Gasteiger partial charge in [-0.15, -0.1) is 6.42 Å². The smallest absolute Gasteiger partial charge is 0.216 e. The number of ether oxygens (including phenoxy) is 1. The summed E-state index contributed by atoms with van der Waals surface area (Å²) in [7, 11) is -3.42. The Morgan fingerprint density at radius 1 is 1.56 bits per heavy atom. The van der Waals surface area contributed by atoms with Gasteiger partial charge in [0, 0.05) is 11.8 Å². The minimum Gasteiger partial charge on any atom is -0.492 e. The Kier molecular flexibility index (Phi) is 5.01. The standard InChI is InChI=1S/C12H16N2O3S/c1-3-10(2)14-18(15,16)8-7-17-12-6-4-5-11(13)9-12/h1,4-6,9-10,14H,7-8,13H2,2H3. The molecule has 0 aliphatic heterocycles. The van der Waals surface area contributed by atoms with Gasteiger partial charge in [0.1, 0.15) is 12.4 Å². The zero-order valence-corrected chi connectivity index (χ0v) is 10.9. The van der Waals surface area contributed by atoms with Crippen molar-refractivity contribution in [1.82, 2.24) is 4.72 Å². The third kappa shape index (κ3) is 5.08. The number of hydrogen-bond donors (Lipinski definition) is 2. The van der Waals surface area contributed by atoms with Crippen molar-refractivity contribution >= 4 is 15.7 Å². The lowest BCUT2D eigenvalue weighted by Gasteiger charge is -2.10. The van der Waals surface area contributed by atoms with Crippen LogP contribution in [0.5, 0.6) is 5.75 Å². The molecule has 98 valence electrons. The van der Waals surface area contributed by atoms with Crippen molar-refractivity contribution in [3.8, 4) is 18.1 Å². The van der Waals surface area contributed by atoms with Gasteiger partial charge in [0.05, 0.1) is 11.8 Å². The first kappa shape index (κ1) is 14.4. The number of anilines is 1. The van der Waals surface area contributed by atoms with Crippen molar-refractivity contribution in [1.29, 1.82) is 0 Å². The number of hydrogen-bond acceptors (Lipinski definition) is 4. The molecular weight excluding hydrogens is 252 g/mol. The fourth-order valence-electron chi connectivity index (χ4n) is 1.24. The van der Waals surface area contributed by atoms with E-state index in [9.17, 15) is 8.42 Å². The first-order valence-corrected chi connectivity index (χ1v) is 7.02. The third-order valence-corrected chi connectivity index (χ3v) is 3.50. The van der Waals surface area contributed by atoms with Crippen LogP contribution in [-0.2, 0) is 10.0 Å². The van der Waals surface area contributed by atoms with Crippen LogP contribution in [0, 0.1) is 12.3 Å². The van der Waals surface area contributed by atoms with Crippen molar-refractivity contribution < 1.29 is 13.2 Å². The first-order valence-electron chi connectivity index (χ1n) is 5.37. The number of benzene rings is 1. The topological polar surface area (TPSA) is 81.4 Å². The van der Waals surface area contributed by atoms with Gasteiger partial charge >= 0.3 is 0 Å². The molecule has 0 heterocycles. The normalized spacial score (nSPS) is 12.7. The van der Waals surface area contributed by atoms with Gasteiger partial charge in [-0.3, -0.25) is 0 Å². The van der Waals surface area contributed by atoms with Crippen LogP contribution in [0.15, 0.2) is 24.3 Å². The molecule has 0 radical (unpaired) electrons. The summed E-state index contributed by atoms with van der Waals surface area (Å²) in [4.78, 5) is 0. The highest BCUT2D eigenvalue weighted by Gasteiger charge is 2.12. The zero-order valence-electron chi connectivity index (χ0n) is 10.1. The molecule has 0 saturated heterocycles. The van der Waals surface area contributed by atoms with Crippen molar-refractivity contribution in [2.45, 2.75) is 13.0 Å². The highest BCUT2D eigenvalue weighted by Crippen LogP contribution is 2.14. The molecule has 0 fully saturated rings. The van der Waals surface area contributed by atoms with Crippen LogP contribution in [-0.4, -0.2) is 26.8 Å². The number of nitrogens with one attached hydrogen (secondary N) is 1. The van der Waals surface area contributed by atoms with E-state index < -0.39 is 16.1 Å². The lowest BCUT2D eigenvalue weighted by molar-refractivity contribution is 0.340. The van der Waals surface area contributed by atoms with Crippen LogP contribution in [0.4, 0.5) is 5.69 Å². The summed E-state index contributed by atoms with van der Waals surface area (Å²) in [6, 6.07) is 6.27. The SMILES string of the molecule is C#CC(C)NS(=O)(=O)CCOc1cccc(N)c1. The predicted octanol–water partition coefficient (Wildman–Crippen LogP) is 0.589. The Morgan fingerprint density at radius 3 is 2.89 bits per heavy atom. The zero-order chi connectivity index (χ0) is 13.6. The number of nitrogen functional groups attached to an aromatic ring is 1. The molecule has 0 aliphatic rings. The average molecular weight is 268 g/mol. The van der Waals surface area contributed by atoms with E-state index in [1.807, 2.05) is 0 Å². The number of sulfonamides is 1. The quantitative estimate of drug-likeness (QED) is 0.584. The summed E-state index contributed by atoms with van der Waals surface area (Å²) in [5.41, 5.74) is 6.13. The molecule has 0 aliphatic carbocycles. The summed E-state index contributed by atoms with van der Waals surface area (Å²) in [6.45, 7) is 1.63. The Morgan fingerprint density at radius 2 is 2.28 bits per heavy atom. The molecular formula is C12H16N2O3S. The van der Waals surface area contributed by atoms with E-state index in [-0.39, 0.29) is 12.4 Å². The molecule has 1 aromatic carbocycles. The molecule has 1 unspecified atom stereocenters. The van der Waals surface area contributed by atoms with Crippen molar-refractivity contribution in [3.63, 3.8) is 0 Å². The van der Waals surface area contributed by atoms with Crippen molar-refractivity contribution in [2.75, 3.05) is 18.1 Å².